The predicted molar refractivity (Wildman–Crippen MR) is 114 cm³/mol. The van der Waals surface area contributed by atoms with Gasteiger partial charge in [0.15, 0.2) is 6.73 Å². The first-order chi connectivity index (χ1) is 14.7. The van der Waals surface area contributed by atoms with Gasteiger partial charge in [-0.15, -0.1) is 0 Å². The summed E-state index contributed by atoms with van der Waals surface area (Å²) in [6.07, 6.45) is 4.97. The van der Waals surface area contributed by atoms with Crippen molar-refractivity contribution in [3.05, 3.63) is 90.0 Å². The molecule has 0 spiro atoms. The molecule has 7 nitrogen and oxygen atoms in total. The second kappa shape index (κ2) is 9.28. The van der Waals surface area contributed by atoms with Gasteiger partial charge in [0.05, 0.1) is 17.8 Å². The molecule has 0 saturated heterocycles. The maximum absolute atomic E-state index is 12.2. The van der Waals surface area contributed by atoms with E-state index < -0.39 is 0 Å². The molecule has 4 rings (SSSR count). The summed E-state index contributed by atoms with van der Waals surface area (Å²) in [7, 11) is 0. The first kappa shape index (κ1) is 19.7. The van der Waals surface area contributed by atoms with Crippen LogP contribution in [0.4, 0.5) is 0 Å². The third kappa shape index (κ3) is 5.07. The Morgan fingerprint density at radius 2 is 1.77 bits per heavy atom. The van der Waals surface area contributed by atoms with E-state index in [1.165, 1.54) is 0 Å². The van der Waals surface area contributed by atoms with Crippen molar-refractivity contribution >= 4 is 17.5 Å². The van der Waals surface area contributed by atoms with Crippen molar-refractivity contribution in [2.75, 3.05) is 6.54 Å². The van der Waals surface area contributed by atoms with Crippen LogP contribution >= 0.6 is 11.6 Å². The van der Waals surface area contributed by atoms with Crippen molar-refractivity contribution in [3.63, 3.8) is 0 Å². The fourth-order valence-corrected chi connectivity index (χ4v) is 3.06. The summed E-state index contributed by atoms with van der Waals surface area (Å²) in [6, 6.07) is 19.7. The number of benzene rings is 2. The van der Waals surface area contributed by atoms with E-state index in [1.54, 1.807) is 34.0 Å². The maximum atomic E-state index is 12.2. The molecule has 30 heavy (non-hydrogen) atoms. The molecule has 1 N–H and O–H groups in total. The van der Waals surface area contributed by atoms with Gasteiger partial charge < -0.3 is 10.1 Å². The number of ether oxygens (including phenoxy) is 1. The Labute approximate surface area is 178 Å². The van der Waals surface area contributed by atoms with E-state index >= 15 is 0 Å². The number of aromatic nitrogens is 4. The second-order valence-electron chi connectivity index (χ2n) is 6.58. The van der Waals surface area contributed by atoms with Crippen LogP contribution in [0, 0.1) is 0 Å². The van der Waals surface area contributed by atoms with Gasteiger partial charge in [-0.2, -0.15) is 10.2 Å². The molecule has 4 aromatic rings. The van der Waals surface area contributed by atoms with Crippen molar-refractivity contribution in [1.82, 2.24) is 24.9 Å². The van der Waals surface area contributed by atoms with Crippen molar-refractivity contribution in [1.29, 1.82) is 0 Å². The van der Waals surface area contributed by atoms with E-state index in [1.807, 2.05) is 42.5 Å². The summed E-state index contributed by atoms with van der Waals surface area (Å²) in [5.41, 5.74) is 2.61. The Bertz CT molecular complexity index is 1110. The number of amides is 1. The first-order valence-electron chi connectivity index (χ1n) is 9.45. The minimum absolute atomic E-state index is 0.212. The molecular formula is C22H20ClN5O2. The molecule has 2 heterocycles. The number of nitrogens with one attached hydrogen (secondary N) is 1. The van der Waals surface area contributed by atoms with Crippen LogP contribution in [-0.4, -0.2) is 32.0 Å². The molecule has 0 aliphatic heterocycles. The molecule has 1 amide bonds. The van der Waals surface area contributed by atoms with Crippen molar-refractivity contribution in [3.8, 4) is 16.9 Å². The lowest BCUT2D eigenvalue weighted by Gasteiger charge is -2.08. The van der Waals surface area contributed by atoms with Crippen LogP contribution < -0.4 is 10.1 Å². The lowest BCUT2D eigenvalue weighted by Crippen LogP contribution is -2.27. The minimum Gasteiger partial charge on any atom is -0.471 e. The van der Waals surface area contributed by atoms with E-state index in [9.17, 15) is 4.79 Å². The Hall–Kier alpha value is -3.58. The molecule has 0 saturated carbocycles. The smallest absolute Gasteiger partial charge is 0.271 e. The van der Waals surface area contributed by atoms with Crippen molar-refractivity contribution in [2.45, 2.75) is 13.3 Å². The van der Waals surface area contributed by atoms with E-state index in [0.717, 1.165) is 16.9 Å². The third-order valence-electron chi connectivity index (χ3n) is 4.43. The largest absolute Gasteiger partial charge is 0.471 e. The molecule has 0 unspecified atom stereocenters. The molecule has 0 aliphatic rings. The summed E-state index contributed by atoms with van der Waals surface area (Å²) < 4.78 is 9.00. The van der Waals surface area contributed by atoms with Gasteiger partial charge in [-0.25, -0.2) is 4.68 Å². The first-order valence-corrected chi connectivity index (χ1v) is 9.83. The number of carbonyl (C=O) groups is 1. The number of nitrogens with zero attached hydrogens (tertiary/aromatic N) is 4. The zero-order chi connectivity index (χ0) is 20.8. The normalized spacial score (nSPS) is 10.7. The minimum atomic E-state index is -0.251. The van der Waals surface area contributed by atoms with Gasteiger partial charge >= 0.3 is 0 Å². The van der Waals surface area contributed by atoms with E-state index in [0.29, 0.717) is 23.8 Å². The molecule has 0 bridgehead atoms. The zero-order valence-electron chi connectivity index (χ0n) is 16.1. The van der Waals surface area contributed by atoms with Crippen LogP contribution in [0.3, 0.4) is 0 Å². The number of hydrogen-bond donors (Lipinski definition) is 1. The molecule has 2 aromatic carbocycles. The Morgan fingerprint density at radius 1 is 1.00 bits per heavy atom. The van der Waals surface area contributed by atoms with Gasteiger partial charge in [-0.1, -0.05) is 54.1 Å². The van der Waals surface area contributed by atoms with Crippen LogP contribution in [0.25, 0.3) is 11.1 Å². The fraction of sp³-hybridized carbons (Fsp3) is 0.136. The van der Waals surface area contributed by atoms with Crippen LogP contribution in [0.2, 0.25) is 5.02 Å². The number of halogens is 1. The SMILES string of the molecule is O=C(NCCn1cc(Cl)cn1)c1ccn(COc2ccc(-c3ccccc3)cc2)n1. The summed E-state index contributed by atoms with van der Waals surface area (Å²) in [5.74, 6) is 0.480. The van der Waals surface area contributed by atoms with Gasteiger partial charge in [0.25, 0.3) is 5.91 Å². The topological polar surface area (TPSA) is 74.0 Å². The highest BCUT2D eigenvalue weighted by atomic mass is 35.5. The third-order valence-corrected chi connectivity index (χ3v) is 4.62. The average molecular weight is 422 g/mol. The van der Waals surface area contributed by atoms with Crippen LogP contribution in [0.1, 0.15) is 10.5 Å². The highest BCUT2D eigenvalue weighted by Gasteiger charge is 2.09. The summed E-state index contributed by atoms with van der Waals surface area (Å²) in [5, 5.41) is 11.7. The summed E-state index contributed by atoms with van der Waals surface area (Å²) in [6.45, 7) is 1.17. The average Bonchev–Trinajstić information content (AvgIpc) is 3.42. The second-order valence-corrected chi connectivity index (χ2v) is 7.02. The maximum Gasteiger partial charge on any atom is 0.271 e. The van der Waals surface area contributed by atoms with Gasteiger partial charge in [0.1, 0.15) is 11.4 Å². The number of hydrogen-bond acceptors (Lipinski definition) is 4. The Balaban J connectivity index is 1.26. The lowest BCUT2D eigenvalue weighted by molar-refractivity contribution is 0.0945. The molecule has 0 fully saturated rings. The lowest BCUT2D eigenvalue weighted by atomic mass is 10.1. The van der Waals surface area contributed by atoms with E-state index in [-0.39, 0.29) is 12.6 Å². The molecule has 2 aromatic heterocycles. The Morgan fingerprint density at radius 3 is 2.50 bits per heavy atom. The standard InChI is InChI=1S/C22H20ClN5O2/c23-19-14-25-27(15-19)13-11-24-22(29)21-10-12-28(26-21)16-30-20-8-6-18(7-9-20)17-4-2-1-3-5-17/h1-10,12,14-15H,11,13,16H2,(H,24,29). The van der Waals surface area contributed by atoms with Crippen molar-refractivity contribution < 1.29 is 9.53 Å². The van der Waals surface area contributed by atoms with Gasteiger partial charge in [-0.05, 0) is 29.3 Å². The van der Waals surface area contributed by atoms with Gasteiger partial charge in [-0.3, -0.25) is 9.48 Å². The molecule has 0 radical (unpaired) electrons. The fourth-order valence-electron chi connectivity index (χ4n) is 2.90. The van der Waals surface area contributed by atoms with Crippen LogP contribution in [0.5, 0.6) is 5.75 Å². The summed E-state index contributed by atoms with van der Waals surface area (Å²) >= 11 is 5.81. The van der Waals surface area contributed by atoms with E-state index in [4.69, 9.17) is 16.3 Å². The summed E-state index contributed by atoms with van der Waals surface area (Å²) in [4.78, 5) is 12.2. The zero-order valence-corrected chi connectivity index (χ0v) is 16.9. The van der Waals surface area contributed by atoms with E-state index in [2.05, 4.69) is 27.6 Å². The molecule has 152 valence electrons. The van der Waals surface area contributed by atoms with Gasteiger partial charge in [0, 0.05) is 18.9 Å². The quantitative estimate of drug-likeness (QED) is 0.468. The number of rotatable bonds is 8. The highest BCUT2D eigenvalue weighted by Crippen LogP contribution is 2.22. The van der Waals surface area contributed by atoms with Crippen LogP contribution in [-0.2, 0) is 13.3 Å². The van der Waals surface area contributed by atoms with Crippen molar-refractivity contribution in [2.24, 2.45) is 0 Å². The Kier molecular flexibility index (Phi) is 6.10. The highest BCUT2D eigenvalue weighted by molar-refractivity contribution is 6.30. The molecule has 8 heteroatoms. The predicted octanol–water partition coefficient (Wildman–Crippen LogP) is 3.87. The monoisotopic (exact) mass is 421 g/mol. The van der Waals surface area contributed by atoms with Gasteiger partial charge in [0.2, 0.25) is 0 Å². The molecule has 0 atom stereocenters. The molecule has 0 aliphatic carbocycles. The number of carbonyl (C=O) groups excluding carboxylic acids is 1. The van der Waals surface area contributed by atoms with Crippen LogP contribution in [0.15, 0.2) is 79.3 Å². The molecular weight excluding hydrogens is 402 g/mol.